The van der Waals surface area contributed by atoms with E-state index in [1.54, 1.807) is 19.2 Å². The van der Waals surface area contributed by atoms with Crippen LogP contribution in [0.4, 0.5) is 0 Å². The third-order valence-corrected chi connectivity index (χ3v) is 5.61. The van der Waals surface area contributed by atoms with E-state index in [0.29, 0.717) is 6.54 Å². The molecule has 4 rings (SSSR count). The first-order valence-electron chi connectivity index (χ1n) is 10.3. The third-order valence-electron chi connectivity index (χ3n) is 5.61. The molecule has 2 N–H and O–H groups in total. The Kier molecular flexibility index (Phi) is 6.01. The Hall–Kier alpha value is -3.63. The van der Waals surface area contributed by atoms with Gasteiger partial charge in [-0.05, 0) is 58.7 Å². The largest absolute Gasteiger partial charge is 0.496 e. The van der Waals surface area contributed by atoms with E-state index in [4.69, 9.17) is 9.84 Å². The summed E-state index contributed by atoms with van der Waals surface area (Å²) in [4.78, 5) is 11.1. The van der Waals surface area contributed by atoms with Crippen LogP contribution in [-0.2, 0) is 6.54 Å². The van der Waals surface area contributed by atoms with Gasteiger partial charge < -0.3 is 15.2 Å². The van der Waals surface area contributed by atoms with Gasteiger partial charge in [0.05, 0.1) is 12.7 Å². The van der Waals surface area contributed by atoms with Crippen molar-refractivity contribution >= 4 is 16.7 Å². The Morgan fingerprint density at radius 1 is 0.968 bits per heavy atom. The summed E-state index contributed by atoms with van der Waals surface area (Å²) in [5.74, 6) is -0.173. The van der Waals surface area contributed by atoms with Crippen molar-refractivity contribution in [2.24, 2.45) is 0 Å². The molecule has 0 bridgehead atoms. The van der Waals surface area contributed by atoms with Crippen LogP contribution in [0.15, 0.2) is 84.9 Å². The molecule has 0 aliphatic carbocycles. The van der Waals surface area contributed by atoms with Crippen LogP contribution >= 0.6 is 0 Å². The average molecular weight is 412 g/mol. The second kappa shape index (κ2) is 9.02. The zero-order chi connectivity index (χ0) is 21.8. The van der Waals surface area contributed by atoms with Crippen molar-refractivity contribution in [3.63, 3.8) is 0 Å². The van der Waals surface area contributed by atoms with Gasteiger partial charge >= 0.3 is 5.97 Å². The summed E-state index contributed by atoms with van der Waals surface area (Å²) in [6.07, 6.45) is 0. The van der Waals surface area contributed by atoms with E-state index < -0.39 is 5.97 Å². The fourth-order valence-corrected chi connectivity index (χ4v) is 3.89. The number of hydrogen-bond donors (Lipinski definition) is 2. The van der Waals surface area contributed by atoms with E-state index in [9.17, 15) is 4.79 Å². The number of ether oxygens (including phenoxy) is 1. The fraction of sp³-hybridized carbons (Fsp3) is 0.148. The lowest BCUT2D eigenvalue weighted by molar-refractivity contribution is 0.0697. The minimum absolute atomic E-state index is 0.187. The summed E-state index contributed by atoms with van der Waals surface area (Å²) in [6.45, 7) is 2.88. The molecule has 4 aromatic carbocycles. The van der Waals surface area contributed by atoms with E-state index >= 15 is 0 Å². The number of aromatic carboxylic acids is 1. The van der Waals surface area contributed by atoms with Gasteiger partial charge in [0.15, 0.2) is 0 Å². The molecule has 0 saturated carbocycles. The standard InChI is InChI=1S/C27H25NO3/c1-18(23-9-5-7-20-6-3-4-8-24(20)23)28-17-19-10-15-26(31-2)25(16-19)21-11-13-22(14-12-21)27(29)30/h3-16,18,28H,17H2,1-2H3,(H,29,30)/t18-/m1/s1. The van der Waals surface area contributed by atoms with Gasteiger partial charge in [0.25, 0.3) is 0 Å². The van der Waals surface area contributed by atoms with Crippen LogP contribution in [0.2, 0.25) is 0 Å². The number of carboxylic acids is 1. The normalized spacial score (nSPS) is 11.9. The predicted molar refractivity (Wildman–Crippen MR) is 125 cm³/mol. The Bertz CT molecular complexity index is 1210. The van der Waals surface area contributed by atoms with Gasteiger partial charge in [0, 0.05) is 18.2 Å². The van der Waals surface area contributed by atoms with Gasteiger partial charge in [-0.25, -0.2) is 4.79 Å². The number of rotatable bonds is 7. The highest BCUT2D eigenvalue weighted by Crippen LogP contribution is 2.31. The number of hydrogen-bond acceptors (Lipinski definition) is 3. The Balaban J connectivity index is 1.56. The number of benzene rings is 4. The van der Waals surface area contributed by atoms with Crippen LogP contribution < -0.4 is 10.1 Å². The SMILES string of the molecule is COc1ccc(CN[C@H](C)c2cccc3ccccc23)cc1-c1ccc(C(=O)O)cc1. The van der Waals surface area contributed by atoms with Crippen molar-refractivity contribution in [2.75, 3.05) is 7.11 Å². The lowest BCUT2D eigenvalue weighted by Crippen LogP contribution is -2.18. The van der Waals surface area contributed by atoms with E-state index in [1.165, 1.54) is 16.3 Å². The molecule has 4 heteroatoms. The molecule has 0 aliphatic heterocycles. The molecule has 0 aliphatic rings. The molecule has 31 heavy (non-hydrogen) atoms. The molecule has 0 spiro atoms. The number of nitrogens with one attached hydrogen (secondary N) is 1. The first-order chi connectivity index (χ1) is 15.1. The zero-order valence-corrected chi connectivity index (χ0v) is 17.6. The maximum Gasteiger partial charge on any atom is 0.335 e. The summed E-state index contributed by atoms with van der Waals surface area (Å²) in [5, 5.41) is 15.3. The molecule has 0 aromatic heterocycles. The van der Waals surface area contributed by atoms with Crippen molar-refractivity contribution < 1.29 is 14.6 Å². The average Bonchev–Trinajstić information content (AvgIpc) is 2.82. The lowest BCUT2D eigenvalue weighted by atomic mass is 9.98. The first-order valence-corrected chi connectivity index (χ1v) is 10.3. The molecule has 4 aromatic rings. The third kappa shape index (κ3) is 4.44. The monoisotopic (exact) mass is 411 g/mol. The van der Waals surface area contributed by atoms with Crippen molar-refractivity contribution in [3.8, 4) is 16.9 Å². The predicted octanol–water partition coefficient (Wildman–Crippen LogP) is 6.06. The maximum absolute atomic E-state index is 11.1. The summed E-state index contributed by atoms with van der Waals surface area (Å²) in [7, 11) is 1.64. The van der Waals surface area contributed by atoms with Crippen LogP contribution in [0.5, 0.6) is 5.75 Å². The van der Waals surface area contributed by atoms with Crippen LogP contribution in [0.25, 0.3) is 21.9 Å². The minimum atomic E-state index is -0.932. The lowest BCUT2D eigenvalue weighted by Gasteiger charge is -2.18. The highest BCUT2D eigenvalue weighted by atomic mass is 16.5. The fourth-order valence-electron chi connectivity index (χ4n) is 3.89. The summed E-state index contributed by atoms with van der Waals surface area (Å²) >= 11 is 0. The highest BCUT2D eigenvalue weighted by molar-refractivity contribution is 5.88. The molecule has 0 heterocycles. The summed E-state index contributed by atoms with van der Waals surface area (Å²) in [6, 6.07) is 28.0. The van der Waals surface area contributed by atoms with Crippen molar-refractivity contribution in [2.45, 2.75) is 19.5 Å². The van der Waals surface area contributed by atoms with Gasteiger partial charge in [-0.2, -0.15) is 0 Å². The van der Waals surface area contributed by atoms with Crippen LogP contribution in [0.3, 0.4) is 0 Å². The Morgan fingerprint density at radius 2 is 1.71 bits per heavy atom. The van der Waals surface area contributed by atoms with Crippen LogP contribution in [-0.4, -0.2) is 18.2 Å². The molecular weight excluding hydrogens is 386 g/mol. The van der Waals surface area contributed by atoms with Crippen molar-refractivity contribution in [3.05, 3.63) is 102 Å². The van der Waals surface area contributed by atoms with E-state index in [2.05, 4.69) is 66.8 Å². The first kappa shape index (κ1) is 20.6. The van der Waals surface area contributed by atoms with Gasteiger partial charge in [0.1, 0.15) is 5.75 Å². The molecule has 0 amide bonds. The second-order valence-electron chi connectivity index (χ2n) is 7.59. The molecule has 0 radical (unpaired) electrons. The van der Waals surface area contributed by atoms with Crippen LogP contribution in [0.1, 0.15) is 34.5 Å². The van der Waals surface area contributed by atoms with E-state index in [0.717, 1.165) is 22.4 Å². The molecule has 0 saturated heterocycles. The molecule has 1 atom stereocenters. The molecular formula is C27H25NO3. The zero-order valence-electron chi connectivity index (χ0n) is 17.6. The smallest absolute Gasteiger partial charge is 0.335 e. The van der Waals surface area contributed by atoms with Gasteiger partial charge in [-0.1, -0.05) is 60.7 Å². The second-order valence-corrected chi connectivity index (χ2v) is 7.59. The Labute approximate surface area is 182 Å². The molecule has 0 fully saturated rings. The van der Waals surface area contributed by atoms with E-state index in [-0.39, 0.29) is 11.6 Å². The van der Waals surface area contributed by atoms with Crippen molar-refractivity contribution in [1.82, 2.24) is 5.32 Å². The maximum atomic E-state index is 11.1. The number of methoxy groups -OCH3 is 1. The van der Waals surface area contributed by atoms with Crippen LogP contribution in [0, 0.1) is 0 Å². The highest BCUT2D eigenvalue weighted by Gasteiger charge is 2.12. The summed E-state index contributed by atoms with van der Waals surface area (Å²) < 4.78 is 5.54. The minimum Gasteiger partial charge on any atom is -0.496 e. The van der Waals surface area contributed by atoms with Gasteiger partial charge in [-0.3, -0.25) is 0 Å². The Morgan fingerprint density at radius 3 is 2.45 bits per heavy atom. The van der Waals surface area contributed by atoms with E-state index in [1.807, 2.05) is 18.2 Å². The van der Waals surface area contributed by atoms with Gasteiger partial charge in [0.2, 0.25) is 0 Å². The van der Waals surface area contributed by atoms with Gasteiger partial charge in [-0.15, -0.1) is 0 Å². The van der Waals surface area contributed by atoms with Crippen molar-refractivity contribution in [1.29, 1.82) is 0 Å². The molecule has 4 nitrogen and oxygen atoms in total. The number of carbonyl (C=O) groups is 1. The number of fused-ring (bicyclic) bond motifs is 1. The molecule has 0 unspecified atom stereocenters. The number of carboxylic acid groups (broad SMARTS) is 1. The quantitative estimate of drug-likeness (QED) is 0.388. The molecule has 156 valence electrons. The summed E-state index contributed by atoms with van der Waals surface area (Å²) in [5.41, 5.74) is 4.54. The topological polar surface area (TPSA) is 58.6 Å².